The molecule has 1 amide bonds. The van der Waals surface area contributed by atoms with E-state index in [1.807, 2.05) is 6.07 Å². The molecule has 1 aromatic heterocycles. The van der Waals surface area contributed by atoms with Crippen LogP contribution in [0.1, 0.15) is 28.1 Å². The van der Waals surface area contributed by atoms with Crippen LogP contribution in [0, 0.1) is 0 Å². The second-order valence-corrected chi connectivity index (χ2v) is 10.1. The number of hydrogen-bond acceptors (Lipinski definition) is 7. The van der Waals surface area contributed by atoms with Gasteiger partial charge in [0.05, 0.1) is 12.8 Å². The highest BCUT2D eigenvalue weighted by Gasteiger charge is 2.38. The minimum atomic E-state index is -3.85. The topological polar surface area (TPSA) is 93.2 Å². The van der Waals surface area contributed by atoms with Gasteiger partial charge in [-0.2, -0.15) is 4.31 Å². The molecule has 4 rings (SSSR count). The highest BCUT2D eigenvalue weighted by atomic mass is 35.5. The van der Waals surface area contributed by atoms with Gasteiger partial charge in [0.15, 0.2) is 0 Å². The van der Waals surface area contributed by atoms with Crippen LogP contribution >= 0.6 is 22.9 Å². The van der Waals surface area contributed by atoms with Crippen LogP contribution in [0.15, 0.2) is 34.5 Å². The van der Waals surface area contributed by atoms with Gasteiger partial charge in [-0.1, -0.05) is 17.7 Å². The van der Waals surface area contributed by atoms with E-state index in [2.05, 4.69) is 4.74 Å². The fourth-order valence-electron chi connectivity index (χ4n) is 3.79. The van der Waals surface area contributed by atoms with Crippen molar-refractivity contribution in [2.75, 3.05) is 25.1 Å². The molecule has 3 heterocycles. The maximum atomic E-state index is 13.1. The summed E-state index contributed by atoms with van der Waals surface area (Å²) in [5.41, 5.74) is 1.45. The number of benzene rings is 1. The number of anilines is 1. The molecule has 30 heavy (non-hydrogen) atoms. The van der Waals surface area contributed by atoms with Crippen molar-refractivity contribution in [3.05, 3.63) is 45.1 Å². The van der Waals surface area contributed by atoms with Crippen LogP contribution in [0.5, 0.6) is 0 Å². The number of ether oxygens (including phenoxy) is 2. The molecular weight excluding hydrogens is 452 g/mol. The molecule has 0 spiro atoms. The Morgan fingerprint density at radius 2 is 2.00 bits per heavy atom. The normalized spacial score (nSPS) is 18.1. The first-order valence-electron chi connectivity index (χ1n) is 9.24. The van der Waals surface area contributed by atoms with Crippen LogP contribution in [-0.2, 0) is 26.1 Å². The minimum absolute atomic E-state index is 0.0488. The Hall–Kier alpha value is -2.14. The summed E-state index contributed by atoms with van der Waals surface area (Å²) in [6.45, 7) is 0.540. The number of sulfonamides is 1. The second-order valence-electron chi connectivity index (χ2n) is 6.90. The van der Waals surface area contributed by atoms with E-state index in [-0.39, 0.29) is 35.5 Å². The molecule has 1 fully saturated rings. The van der Waals surface area contributed by atoms with E-state index in [1.54, 1.807) is 22.4 Å². The average molecular weight is 471 g/mol. The number of cyclic esters (lactones) is 1. The Bertz CT molecular complexity index is 1090. The molecule has 160 valence electrons. The highest BCUT2D eigenvalue weighted by molar-refractivity contribution is 7.89. The molecule has 0 aliphatic carbocycles. The summed E-state index contributed by atoms with van der Waals surface area (Å²) >= 11 is 7.27. The summed E-state index contributed by atoms with van der Waals surface area (Å²) in [5, 5.41) is 2.08. The molecule has 2 aromatic rings. The monoisotopic (exact) mass is 470 g/mol. The Labute approximate surface area is 183 Å². The molecule has 0 N–H and O–H groups in total. The first-order chi connectivity index (χ1) is 14.3. The third kappa shape index (κ3) is 3.58. The lowest BCUT2D eigenvalue weighted by atomic mass is 10.0. The molecule has 0 saturated carbocycles. The lowest BCUT2D eigenvalue weighted by Crippen LogP contribution is -2.50. The van der Waals surface area contributed by atoms with E-state index in [4.69, 9.17) is 16.3 Å². The van der Waals surface area contributed by atoms with Crippen molar-refractivity contribution in [1.82, 2.24) is 4.31 Å². The fourth-order valence-corrected chi connectivity index (χ4v) is 6.79. The van der Waals surface area contributed by atoms with Gasteiger partial charge in [0.25, 0.3) is 0 Å². The minimum Gasteiger partial charge on any atom is -0.465 e. The SMILES string of the molecule is COC(=O)c1sccc1S(=O)(=O)N1CCC(N2C(=O)OCc3c(Cl)cccc32)CC1. The molecule has 2 aliphatic heterocycles. The van der Waals surface area contributed by atoms with Crippen molar-refractivity contribution in [1.29, 1.82) is 0 Å². The average Bonchev–Trinajstić information content (AvgIpc) is 3.24. The van der Waals surface area contributed by atoms with E-state index in [9.17, 15) is 18.0 Å². The number of piperidine rings is 1. The van der Waals surface area contributed by atoms with E-state index in [0.29, 0.717) is 23.6 Å². The van der Waals surface area contributed by atoms with Crippen molar-refractivity contribution in [3.8, 4) is 0 Å². The number of amides is 1. The number of methoxy groups -OCH3 is 1. The lowest BCUT2D eigenvalue weighted by Gasteiger charge is -2.39. The number of thiophene rings is 1. The number of carbonyl (C=O) groups is 2. The number of nitrogens with zero attached hydrogens (tertiary/aromatic N) is 2. The smallest absolute Gasteiger partial charge is 0.414 e. The summed E-state index contributed by atoms with van der Waals surface area (Å²) in [7, 11) is -2.64. The summed E-state index contributed by atoms with van der Waals surface area (Å²) in [6.07, 6.45) is 0.396. The maximum Gasteiger partial charge on any atom is 0.414 e. The number of rotatable bonds is 4. The Kier molecular flexibility index (Phi) is 5.75. The third-order valence-corrected chi connectivity index (χ3v) is 8.62. The summed E-state index contributed by atoms with van der Waals surface area (Å²) < 4.78 is 37.5. The number of esters is 1. The van der Waals surface area contributed by atoms with Gasteiger partial charge in [-0.15, -0.1) is 11.3 Å². The molecule has 0 bridgehead atoms. The molecule has 0 radical (unpaired) electrons. The first-order valence-corrected chi connectivity index (χ1v) is 11.9. The second kappa shape index (κ2) is 8.18. The van der Waals surface area contributed by atoms with Crippen LogP contribution in [0.3, 0.4) is 0 Å². The molecule has 11 heteroatoms. The van der Waals surface area contributed by atoms with Gasteiger partial charge in [-0.05, 0) is 36.4 Å². The van der Waals surface area contributed by atoms with E-state index in [1.165, 1.54) is 17.5 Å². The quantitative estimate of drug-likeness (QED) is 0.635. The standard InChI is InChI=1S/C19H19ClN2O6S2/c1-27-18(23)17-16(7-10-29-17)30(25,26)21-8-5-12(6-9-21)22-15-4-2-3-14(20)13(15)11-28-19(22)24/h2-4,7,10,12H,5-6,8-9,11H2,1H3. The summed E-state index contributed by atoms with van der Waals surface area (Å²) in [5.74, 6) is -0.678. The van der Waals surface area contributed by atoms with Gasteiger partial charge in [-0.3, -0.25) is 4.90 Å². The zero-order chi connectivity index (χ0) is 21.5. The number of halogens is 1. The van der Waals surface area contributed by atoms with E-state index < -0.39 is 22.1 Å². The van der Waals surface area contributed by atoms with Crippen molar-refractivity contribution in [3.63, 3.8) is 0 Å². The molecule has 0 atom stereocenters. The van der Waals surface area contributed by atoms with Gasteiger partial charge in [-0.25, -0.2) is 18.0 Å². The third-order valence-electron chi connectivity index (χ3n) is 5.30. The fraction of sp³-hybridized carbons (Fsp3) is 0.368. The highest BCUT2D eigenvalue weighted by Crippen LogP contribution is 2.36. The molecule has 2 aliphatic rings. The number of fused-ring (bicyclic) bond motifs is 1. The van der Waals surface area contributed by atoms with Crippen molar-refractivity contribution in [2.45, 2.75) is 30.4 Å². The van der Waals surface area contributed by atoms with Gasteiger partial charge in [0.2, 0.25) is 10.0 Å². The van der Waals surface area contributed by atoms with Crippen LogP contribution in [0.4, 0.5) is 10.5 Å². The van der Waals surface area contributed by atoms with Crippen LogP contribution in [0.25, 0.3) is 0 Å². The largest absolute Gasteiger partial charge is 0.465 e. The lowest BCUT2D eigenvalue weighted by molar-refractivity contribution is 0.0602. The maximum absolute atomic E-state index is 13.1. The summed E-state index contributed by atoms with van der Waals surface area (Å²) in [4.78, 5) is 25.9. The van der Waals surface area contributed by atoms with Crippen LogP contribution in [-0.4, -0.2) is 51.0 Å². The van der Waals surface area contributed by atoms with Gasteiger partial charge in [0.1, 0.15) is 16.4 Å². The van der Waals surface area contributed by atoms with Gasteiger partial charge < -0.3 is 9.47 Å². The van der Waals surface area contributed by atoms with Crippen molar-refractivity contribution >= 4 is 50.7 Å². The summed E-state index contributed by atoms with van der Waals surface area (Å²) in [6, 6.07) is 6.53. The first kappa shape index (κ1) is 21.1. The Morgan fingerprint density at radius 3 is 2.70 bits per heavy atom. The molecular formula is C19H19ClN2O6S2. The van der Waals surface area contributed by atoms with Gasteiger partial charge >= 0.3 is 12.1 Å². The van der Waals surface area contributed by atoms with E-state index >= 15 is 0 Å². The van der Waals surface area contributed by atoms with Crippen molar-refractivity contribution < 1.29 is 27.5 Å². The van der Waals surface area contributed by atoms with Crippen LogP contribution < -0.4 is 4.90 Å². The Morgan fingerprint density at radius 1 is 1.27 bits per heavy atom. The zero-order valence-corrected chi connectivity index (χ0v) is 18.4. The molecule has 8 nitrogen and oxygen atoms in total. The Balaban J connectivity index is 1.54. The van der Waals surface area contributed by atoms with Crippen LogP contribution in [0.2, 0.25) is 5.02 Å². The zero-order valence-electron chi connectivity index (χ0n) is 16.0. The van der Waals surface area contributed by atoms with Crippen molar-refractivity contribution in [2.24, 2.45) is 0 Å². The molecule has 1 aromatic carbocycles. The predicted octanol–water partition coefficient (Wildman–Crippen LogP) is 3.50. The number of carbonyl (C=O) groups excluding carboxylic acids is 2. The van der Waals surface area contributed by atoms with Gasteiger partial charge in [0, 0.05) is 29.7 Å². The number of hydrogen-bond donors (Lipinski definition) is 0. The molecule has 1 saturated heterocycles. The van der Waals surface area contributed by atoms with E-state index in [0.717, 1.165) is 16.9 Å². The predicted molar refractivity (Wildman–Crippen MR) is 112 cm³/mol. The molecule has 0 unspecified atom stereocenters.